The van der Waals surface area contributed by atoms with Gasteiger partial charge in [0, 0.05) is 0 Å². The first-order chi connectivity index (χ1) is 9.43. The summed E-state index contributed by atoms with van der Waals surface area (Å²) in [4.78, 5) is 0. The van der Waals surface area contributed by atoms with Crippen molar-refractivity contribution in [1.29, 1.82) is 0 Å². The highest BCUT2D eigenvalue weighted by Gasteiger charge is 2.21. The zero-order valence-electron chi connectivity index (χ0n) is 13.5. The van der Waals surface area contributed by atoms with Crippen molar-refractivity contribution in [2.45, 2.75) is 65.9 Å². The Morgan fingerprint density at radius 3 is 2.30 bits per heavy atom. The van der Waals surface area contributed by atoms with E-state index < -0.39 is 0 Å². The molecule has 1 N–H and O–H groups in total. The minimum atomic E-state index is -0.257. The molecular weight excluding hydrogens is 248 g/mol. The summed E-state index contributed by atoms with van der Waals surface area (Å²) < 4.78 is 5.69. The van der Waals surface area contributed by atoms with Gasteiger partial charge < -0.3 is 9.84 Å². The molecule has 2 heteroatoms. The van der Waals surface area contributed by atoms with E-state index in [1.807, 2.05) is 12.1 Å². The van der Waals surface area contributed by atoms with Gasteiger partial charge in [-0.1, -0.05) is 52.7 Å². The Morgan fingerprint density at radius 2 is 1.75 bits per heavy atom. The molecule has 1 unspecified atom stereocenters. The Kier molecular flexibility index (Phi) is 7.08. The van der Waals surface area contributed by atoms with Crippen LogP contribution in [0.4, 0.5) is 0 Å². The fourth-order valence-corrected chi connectivity index (χ4v) is 2.03. The quantitative estimate of drug-likeness (QED) is 0.704. The van der Waals surface area contributed by atoms with E-state index in [-0.39, 0.29) is 11.5 Å². The van der Waals surface area contributed by atoms with E-state index in [0.717, 1.165) is 31.6 Å². The Hall–Kier alpha value is -1.02. The summed E-state index contributed by atoms with van der Waals surface area (Å²) in [5, 5.41) is 10.0. The number of aryl methyl sites for hydroxylation is 1. The lowest BCUT2D eigenvalue weighted by Crippen LogP contribution is -2.26. The fourth-order valence-electron chi connectivity index (χ4n) is 2.03. The van der Waals surface area contributed by atoms with Gasteiger partial charge >= 0.3 is 0 Å². The molecule has 0 radical (unpaired) electrons. The van der Waals surface area contributed by atoms with Crippen molar-refractivity contribution in [1.82, 2.24) is 0 Å². The van der Waals surface area contributed by atoms with Gasteiger partial charge in [0.15, 0.2) is 0 Å². The number of rotatable bonds is 8. The molecule has 0 bridgehead atoms. The molecule has 114 valence electrons. The van der Waals surface area contributed by atoms with E-state index in [1.165, 1.54) is 18.4 Å². The number of ether oxygens (including phenoxy) is 1. The maximum atomic E-state index is 10.0. The average molecular weight is 278 g/mol. The molecule has 20 heavy (non-hydrogen) atoms. The Morgan fingerprint density at radius 1 is 1.10 bits per heavy atom. The van der Waals surface area contributed by atoms with E-state index in [9.17, 15) is 5.11 Å². The maximum absolute atomic E-state index is 10.0. The van der Waals surface area contributed by atoms with Gasteiger partial charge in [-0.3, -0.25) is 0 Å². The third-order valence-electron chi connectivity index (χ3n) is 3.65. The zero-order valence-corrected chi connectivity index (χ0v) is 13.5. The minimum absolute atomic E-state index is 0.0394. The fraction of sp³-hybridized carbons (Fsp3) is 0.667. The van der Waals surface area contributed by atoms with Crippen LogP contribution in [-0.4, -0.2) is 17.8 Å². The third-order valence-corrected chi connectivity index (χ3v) is 3.65. The molecule has 0 fully saturated rings. The van der Waals surface area contributed by atoms with Crippen molar-refractivity contribution >= 4 is 0 Å². The Balaban J connectivity index is 2.35. The summed E-state index contributed by atoms with van der Waals surface area (Å²) in [5.74, 6) is 0.946. The average Bonchev–Trinajstić information content (AvgIpc) is 2.41. The Labute approximate surface area is 124 Å². The standard InChI is InChI=1S/C18H30O2/c1-5-6-7-14-20-16-11-8-15(9-12-16)10-13-17(19)18(2,3)4/h8-9,11-12,17,19H,5-7,10,13-14H2,1-4H3. The van der Waals surface area contributed by atoms with Crippen LogP contribution >= 0.6 is 0 Å². The first-order valence-electron chi connectivity index (χ1n) is 7.83. The van der Waals surface area contributed by atoms with E-state index >= 15 is 0 Å². The first kappa shape index (κ1) is 17.0. The van der Waals surface area contributed by atoms with E-state index in [2.05, 4.69) is 39.8 Å². The molecule has 1 aromatic carbocycles. The third kappa shape index (κ3) is 6.42. The summed E-state index contributed by atoms with van der Waals surface area (Å²) in [7, 11) is 0. The van der Waals surface area contributed by atoms with Crippen LogP contribution < -0.4 is 4.74 Å². The van der Waals surface area contributed by atoms with Crippen molar-refractivity contribution in [3.05, 3.63) is 29.8 Å². The molecule has 2 nitrogen and oxygen atoms in total. The molecule has 0 amide bonds. The molecule has 0 aromatic heterocycles. The smallest absolute Gasteiger partial charge is 0.119 e. The molecule has 1 rings (SSSR count). The largest absolute Gasteiger partial charge is 0.494 e. The van der Waals surface area contributed by atoms with E-state index in [4.69, 9.17) is 4.74 Å². The molecule has 0 aliphatic heterocycles. The number of benzene rings is 1. The van der Waals surface area contributed by atoms with Crippen molar-refractivity contribution in [2.75, 3.05) is 6.61 Å². The van der Waals surface area contributed by atoms with Crippen LogP contribution in [-0.2, 0) is 6.42 Å². The molecule has 0 spiro atoms. The summed E-state index contributed by atoms with van der Waals surface area (Å²) in [5.41, 5.74) is 1.22. The summed E-state index contributed by atoms with van der Waals surface area (Å²) in [6, 6.07) is 8.27. The van der Waals surface area contributed by atoms with Crippen molar-refractivity contribution in [2.24, 2.45) is 5.41 Å². The SMILES string of the molecule is CCCCCOc1ccc(CCC(O)C(C)(C)C)cc1. The van der Waals surface area contributed by atoms with Gasteiger partial charge in [0.1, 0.15) is 5.75 Å². The second-order valence-electron chi connectivity index (χ2n) is 6.62. The number of aliphatic hydroxyl groups excluding tert-OH is 1. The van der Waals surface area contributed by atoms with E-state index in [0.29, 0.717) is 0 Å². The Bertz CT molecular complexity index is 362. The first-order valence-corrected chi connectivity index (χ1v) is 7.83. The predicted octanol–water partition coefficient (Wildman–Crippen LogP) is 4.60. The van der Waals surface area contributed by atoms with Gasteiger partial charge in [0.25, 0.3) is 0 Å². The number of hydrogen-bond donors (Lipinski definition) is 1. The molecular formula is C18H30O2. The van der Waals surface area contributed by atoms with Crippen LogP contribution in [0.5, 0.6) is 5.75 Å². The van der Waals surface area contributed by atoms with Crippen molar-refractivity contribution in [3.8, 4) is 5.75 Å². The van der Waals surface area contributed by atoms with Crippen LogP contribution in [0.25, 0.3) is 0 Å². The van der Waals surface area contributed by atoms with E-state index in [1.54, 1.807) is 0 Å². The lowest BCUT2D eigenvalue weighted by atomic mass is 9.86. The van der Waals surface area contributed by atoms with Gasteiger partial charge in [-0.05, 0) is 42.4 Å². The maximum Gasteiger partial charge on any atom is 0.119 e. The number of hydrogen-bond acceptors (Lipinski definition) is 2. The van der Waals surface area contributed by atoms with Crippen molar-refractivity contribution in [3.63, 3.8) is 0 Å². The van der Waals surface area contributed by atoms with Crippen LogP contribution in [0, 0.1) is 5.41 Å². The summed E-state index contributed by atoms with van der Waals surface area (Å²) in [6.07, 6.45) is 5.03. The predicted molar refractivity (Wildman–Crippen MR) is 85.2 cm³/mol. The molecule has 0 heterocycles. The number of unbranched alkanes of at least 4 members (excludes halogenated alkanes) is 2. The van der Waals surface area contributed by atoms with Gasteiger partial charge in [0.2, 0.25) is 0 Å². The van der Waals surface area contributed by atoms with Crippen molar-refractivity contribution < 1.29 is 9.84 Å². The lowest BCUT2D eigenvalue weighted by Gasteiger charge is -2.25. The van der Waals surface area contributed by atoms with Gasteiger partial charge in [0.05, 0.1) is 12.7 Å². The van der Waals surface area contributed by atoms with Gasteiger partial charge in [-0.2, -0.15) is 0 Å². The second kappa shape index (κ2) is 8.31. The highest BCUT2D eigenvalue weighted by atomic mass is 16.5. The lowest BCUT2D eigenvalue weighted by molar-refractivity contribution is 0.0560. The number of aliphatic hydroxyl groups is 1. The van der Waals surface area contributed by atoms with Crippen LogP contribution in [0.1, 0.15) is 58.9 Å². The topological polar surface area (TPSA) is 29.5 Å². The van der Waals surface area contributed by atoms with Gasteiger partial charge in [-0.25, -0.2) is 0 Å². The molecule has 0 aliphatic rings. The van der Waals surface area contributed by atoms with Crippen LogP contribution in [0.2, 0.25) is 0 Å². The van der Waals surface area contributed by atoms with Crippen LogP contribution in [0.15, 0.2) is 24.3 Å². The molecule has 0 saturated heterocycles. The molecule has 0 saturated carbocycles. The van der Waals surface area contributed by atoms with Gasteiger partial charge in [-0.15, -0.1) is 0 Å². The second-order valence-corrected chi connectivity index (χ2v) is 6.62. The van der Waals surface area contributed by atoms with Crippen LogP contribution in [0.3, 0.4) is 0 Å². The molecule has 1 aromatic rings. The normalized spacial score (nSPS) is 13.2. The molecule has 0 aliphatic carbocycles. The summed E-state index contributed by atoms with van der Waals surface area (Å²) >= 11 is 0. The minimum Gasteiger partial charge on any atom is -0.494 e. The highest BCUT2D eigenvalue weighted by molar-refractivity contribution is 5.27. The summed E-state index contributed by atoms with van der Waals surface area (Å²) in [6.45, 7) is 9.22. The molecule has 1 atom stereocenters. The monoisotopic (exact) mass is 278 g/mol. The zero-order chi connectivity index (χ0) is 15.0. The highest BCUT2D eigenvalue weighted by Crippen LogP contribution is 2.23.